The van der Waals surface area contributed by atoms with E-state index in [0.29, 0.717) is 31.9 Å². The maximum absolute atomic E-state index is 12.3. The maximum Gasteiger partial charge on any atom is 0.319 e. The highest BCUT2D eigenvalue weighted by atomic mass is 32.2. The number of sulfonamides is 1. The van der Waals surface area contributed by atoms with E-state index in [2.05, 4.69) is 20.3 Å². The van der Waals surface area contributed by atoms with Gasteiger partial charge in [0.1, 0.15) is 0 Å². The Morgan fingerprint density at radius 1 is 1.15 bits per heavy atom. The van der Waals surface area contributed by atoms with Crippen molar-refractivity contribution < 1.29 is 17.9 Å². The van der Waals surface area contributed by atoms with Gasteiger partial charge in [-0.15, -0.1) is 0 Å². The molecule has 1 atom stereocenters. The molecule has 138 valence electrons. The van der Waals surface area contributed by atoms with Gasteiger partial charge in [-0.05, 0) is 48.4 Å². The minimum absolute atomic E-state index is 0.146. The number of rotatable bonds is 6. The summed E-state index contributed by atoms with van der Waals surface area (Å²) in [6.07, 6.45) is 3.97. The van der Waals surface area contributed by atoms with Crippen LogP contribution >= 0.6 is 0 Å². The minimum atomic E-state index is -3.60. The number of amides is 2. The number of carbonyl (C=O) groups excluding carboxylic acids is 1. The third-order valence-corrected chi connectivity index (χ3v) is 5.41. The monoisotopic (exact) mass is 376 g/mol. The van der Waals surface area contributed by atoms with E-state index in [0.717, 1.165) is 5.56 Å². The van der Waals surface area contributed by atoms with Gasteiger partial charge in [0.25, 0.3) is 0 Å². The lowest BCUT2D eigenvalue weighted by Crippen LogP contribution is -2.35. The second-order valence-electron chi connectivity index (χ2n) is 5.87. The molecule has 1 aliphatic rings. The van der Waals surface area contributed by atoms with Crippen molar-refractivity contribution in [3.05, 3.63) is 54.4 Å². The van der Waals surface area contributed by atoms with Crippen molar-refractivity contribution in [2.45, 2.75) is 23.9 Å². The van der Waals surface area contributed by atoms with Crippen LogP contribution < -0.4 is 15.4 Å². The second-order valence-corrected chi connectivity index (χ2v) is 7.58. The molecule has 3 rings (SSSR count). The summed E-state index contributed by atoms with van der Waals surface area (Å²) in [5.74, 6) is 0. The molecule has 1 fully saturated rings. The SMILES string of the molecule is O=C(NCc1ccncc1)Nc1ccc(S(=O)(=O)NC2CCOC2)cc1. The normalized spacial score (nSPS) is 17.0. The first-order valence-electron chi connectivity index (χ1n) is 8.17. The molecule has 0 radical (unpaired) electrons. The van der Waals surface area contributed by atoms with Crippen molar-refractivity contribution >= 4 is 21.7 Å². The summed E-state index contributed by atoms with van der Waals surface area (Å²) >= 11 is 0. The Hall–Kier alpha value is -2.49. The standard InChI is InChI=1S/C17H20N4O4S/c22-17(19-11-13-5-8-18-9-6-13)20-14-1-3-16(4-2-14)26(23,24)21-15-7-10-25-12-15/h1-6,8-9,15,21H,7,10-12H2,(H2,19,20,22). The lowest BCUT2D eigenvalue weighted by molar-refractivity contribution is 0.192. The molecule has 2 aromatic rings. The number of hydrogen-bond acceptors (Lipinski definition) is 5. The zero-order valence-corrected chi connectivity index (χ0v) is 14.8. The highest BCUT2D eigenvalue weighted by Crippen LogP contribution is 2.16. The first kappa shape index (κ1) is 18.3. The summed E-state index contributed by atoms with van der Waals surface area (Å²) in [6, 6.07) is 9.05. The molecule has 2 amide bonds. The molecule has 1 aliphatic heterocycles. The molecule has 1 aromatic carbocycles. The van der Waals surface area contributed by atoms with Crippen molar-refractivity contribution in [2.24, 2.45) is 0 Å². The third-order valence-electron chi connectivity index (χ3n) is 3.88. The number of ether oxygens (including phenoxy) is 1. The van der Waals surface area contributed by atoms with Crippen molar-refractivity contribution in [3.8, 4) is 0 Å². The molecule has 2 heterocycles. The van der Waals surface area contributed by atoms with Crippen molar-refractivity contribution in [1.82, 2.24) is 15.0 Å². The van der Waals surface area contributed by atoms with E-state index in [1.165, 1.54) is 12.1 Å². The molecule has 0 spiro atoms. The number of anilines is 1. The number of carbonyl (C=O) groups is 1. The fourth-order valence-electron chi connectivity index (χ4n) is 2.49. The zero-order valence-electron chi connectivity index (χ0n) is 14.0. The van der Waals surface area contributed by atoms with E-state index in [1.807, 2.05) is 12.1 Å². The van der Waals surface area contributed by atoms with Crippen molar-refractivity contribution in [3.63, 3.8) is 0 Å². The topological polar surface area (TPSA) is 109 Å². The average molecular weight is 376 g/mol. The molecule has 0 saturated carbocycles. The number of pyridine rings is 1. The number of hydrogen-bond donors (Lipinski definition) is 3. The number of urea groups is 1. The third kappa shape index (κ3) is 5.01. The predicted molar refractivity (Wildman–Crippen MR) is 96.1 cm³/mol. The average Bonchev–Trinajstić information content (AvgIpc) is 3.14. The van der Waals surface area contributed by atoms with Crippen LogP contribution in [0.1, 0.15) is 12.0 Å². The molecule has 1 aromatic heterocycles. The number of nitrogens with zero attached hydrogens (tertiary/aromatic N) is 1. The van der Waals surface area contributed by atoms with Gasteiger partial charge in [0, 0.05) is 37.3 Å². The molecule has 1 unspecified atom stereocenters. The number of aromatic nitrogens is 1. The Bertz CT molecular complexity index is 835. The molecular formula is C17H20N4O4S. The van der Waals surface area contributed by atoms with E-state index < -0.39 is 10.0 Å². The van der Waals surface area contributed by atoms with Crippen LogP contribution in [0.5, 0.6) is 0 Å². The van der Waals surface area contributed by atoms with Gasteiger partial charge in [0.15, 0.2) is 0 Å². The number of benzene rings is 1. The quantitative estimate of drug-likeness (QED) is 0.707. The van der Waals surface area contributed by atoms with Crippen LogP contribution in [-0.4, -0.2) is 38.7 Å². The first-order chi connectivity index (χ1) is 12.5. The summed E-state index contributed by atoms with van der Waals surface area (Å²) < 4.78 is 32.4. The van der Waals surface area contributed by atoms with Gasteiger partial charge in [-0.1, -0.05) is 0 Å². The Morgan fingerprint density at radius 3 is 2.54 bits per heavy atom. The largest absolute Gasteiger partial charge is 0.380 e. The van der Waals surface area contributed by atoms with Crippen LogP contribution in [0.4, 0.5) is 10.5 Å². The fourth-order valence-corrected chi connectivity index (χ4v) is 3.75. The van der Waals surface area contributed by atoms with E-state index in [9.17, 15) is 13.2 Å². The summed E-state index contributed by atoms with van der Waals surface area (Å²) in [5.41, 5.74) is 1.43. The Balaban J connectivity index is 1.54. The summed E-state index contributed by atoms with van der Waals surface area (Å²) in [6.45, 7) is 1.31. The van der Waals surface area contributed by atoms with E-state index in [-0.39, 0.29) is 17.0 Å². The molecule has 0 aliphatic carbocycles. The van der Waals surface area contributed by atoms with Crippen LogP contribution in [0.15, 0.2) is 53.7 Å². The first-order valence-corrected chi connectivity index (χ1v) is 9.65. The van der Waals surface area contributed by atoms with Crippen LogP contribution in [-0.2, 0) is 21.3 Å². The highest BCUT2D eigenvalue weighted by Gasteiger charge is 2.23. The van der Waals surface area contributed by atoms with Gasteiger partial charge in [0.2, 0.25) is 10.0 Å². The van der Waals surface area contributed by atoms with Gasteiger partial charge in [-0.25, -0.2) is 17.9 Å². The number of nitrogens with one attached hydrogen (secondary N) is 3. The van der Waals surface area contributed by atoms with Gasteiger partial charge < -0.3 is 15.4 Å². The Morgan fingerprint density at radius 2 is 1.88 bits per heavy atom. The van der Waals surface area contributed by atoms with Gasteiger partial charge in [0.05, 0.1) is 11.5 Å². The summed E-state index contributed by atoms with van der Waals surface area (Å²) in [4.78, 5) is 16.0. The van der Waals surface area contributed by atoms with Gasteiger partial charge in [-0.3, -0.25) is 4.98 Å². The minimum Gasteiger partial charge on any atom is -0.380 e. The van der Waals surface area contributed by atoms with Gasteiger partial charge in [-0.2, -0.15) is 0 Å². The fraction of sp³-hybridized carbons (Fsp3) is 0.294. The highest BCUT2D eigenvalue weighted by molar-refractivity contribution is 7.89. The Labute approximate surface area is 152 Å². The molecule has 3 N–H and O–H groups in total. The van der Waals surface area contributed by atoms with Crippen LogP contribution in [0.2, 0.25) is 0 Å². The zero-order chi connectivity index (χ0) is 18.4. The van der Waals surface area contributed by atoms with Crippen molar-refractivity contribution in [2.75, 3.05) is 18.5 Å². The van der Waals surface area contributed by atoms with Crippen LogP contribution in [0.25, 0.3) is 0 Å². The van der Waals surface area contributed by atoms with Crippen LogP contribution in [0, 0.1) is 0 Å². The van der Waals surface area contributed by atoms with E-state index >= 15 is 0 Å². The van der Waals surface area contributed by atoms with Crippen LogP contribution in [0.3, 0.4) is 0 Å². The second kappa shape index (κ2) is 8.26. The molecule has 26 heavy (non-hydrogen) atoms. The van der Waals surface area contributed by atoms with Crippen molar-refractivity contribution in [1.29, 1.82) is 0 Å². The smallest absolute Gasteiger partial charge is 0.319 e. The molecule has 1 saturated heterocycles. The lowest BCUT2D eigenvalue weighted by Gasteiger charge is -2.12. The molecular weight excluding hydrogens is 356 g/mol. The summed E-state index contributed by atoms with van der Waals surface area (Å²) in [5, 5.41) is 5.38. The predicted octanol–water partition coefficient (Wildman–Crippen LogP) is 1.47. The molecule has 9 heteroatoms. The lowest BCUT2D eigenvalue weighted by atomic mass is 10.3. The Kier molecular flexibility index (Phi) is 5.82. The van der Waals surface area contributed by atoms with E-state index in [4.69, 9.17) is 4.74 Å². The maximum atomic E-state index is 12.3. The molecule has 0 bridgehead atoms. The molecule has 8 nitrogen and oxygen atoms in total. The van der Waals surface area contributed by atoms with Gasteiger partial charge >= 0.3 is 6.03 Å². The summed E-state index contributed by atoms with van der Waals surface area (Å²) in [7, 11) is -3.60. The van der Waals surface area contributed by atoms with E-state index in [1.54, 1.807) is 24.5 Å².